The first-order valence-electron chi connectivity index (χ1n) is 10.1. The topological polar surface area (TPSA) is 94.0 Å². The molecule has 30 heavy (non-hydrogen) atoms. The van der Waals surface area contributed by atoms with Crippen LogP contribution in [-0.2, 0) is 0 Å². The van der Waals surface area contributed by atoms with Gasteiger partial charge in [-0.15, -0.1) is 0 Å². The summed E-state index contributed by atoms with van der Waals surface area (Å²) >= 11 is 0. The van der Waals surface area contributed by atoms with Crippen LogP contribution in [-0.4, -0.2) is 39.6 Å². The lowest BCUT2D eigenvalue weighted by atomic mass is 10.1. The number of para-hydroxylation sites is 2. The number of hydrogen-bond donors (Lipinski definition) is 2. The molecule has 2 bridgehead atoms. The van der Waals surface area contributed by atoms with Gasteiger partial charge in [-0.1, -0.05) is 30.3 Å². The minimum absolute atomic E-state index is 0.0117. The molecular formula is C23H21N5O2. The third-order valence-corrected chi connectivity index (χ3v) is 5.97. The molecule has 2 N–H and O–H groups in total. The molecule has 7 nitrogen and oxygen atoms in total. The van der Waals surface area contributed by atoms with Crippen LogP contribution < -0.4 is 10.1 Å². The molecular weight excluding hydrogens is 378 g/mol. The molecule has 1 aliphatic carbocycles. The van der Waals surface area contributed by atoms with Crippen LogP contribution in [0.25, 0.3) is 11.3 Å². The van der Waals surface area contributed by atoms with E-state index in [0.717, 1.165) is 30.7 Å². The maximum Gasteiger partial charge on any atom is 0.269 e. The summed E-state index contributed by atoms with van der Waals surface area (Å²) in [5.74, 6) is 1.54. The van der Waals surface area contributed by atoms with E-state index in [1.54, 1.807) is 11.0 Å². The molecule has 2 aromatic carbocycles. The molecule has 1 aromatic heterocycles. The van der Waals surface area contributed by atoms with Gasteiger partial charge in [0.25, 0.3) is 5.91 Å². The Labute approximate surface area is 174 Å². The Morgan fingerprint density at radius 3 is 2.77 bits per heavy atom. The molecule has 0 unspecified atom stereocenters. The summed E-state index contributed by atoms with van der Waals surface area (Å²) in [5.41, 5.74) is 1.84. The summed E-state index contributed by atoms with van der Waals surface area (Å²) in [5, 5.41) is 19.5. The zero-order valence-electron chi connectivity index (χ0n) is 16.3. The van der Waals surface area contributed by atoms with E-state index in [1.165, 1.54) is 0 Å². The number of carbonyl (C=O) groups is 1. The molecule has 3 aromatic rings. The first-order valence-corrected chi connectivity index (χ1v) is 10.1. The molecule has 1 saturated carbocycles. The normalized spacial score (nSPS) is 22.0. The van der Waals surface area contributed by atoms with Gasteiger partial charge in [0.2, 0.25) is 0 Å². The first-order chi connectivity index (χ1) is 14.7. The van der Waals surface area contributed by atoms with E-state index in [0.29, 0.717) is 23.1 Å². The number of carbonyl (C=O) groups excluding carboxylic acids is 1. The fourth-order valence-electron chi connectivity index (χ4n) is 4.52. The summed E-state index contributed by atoms with van der Waals surface area (Å²) in [6.07, 6.45) is 4.23. The molecule has 1 aliphatic heterocycles. The minimum Gasteiger partial charge on any atom is -0.457 e. The lowest BCUT2D eigenvalue weighted by Gasteiger charge is -2.21. The highest BCUT2D eigenvalue weighted by Gasteiger charge is 2.47. The second-order valence-corrected chi connectivity index (χ2v) is 7.73. The predicted molar refractivity (Wildman–Crippen MR) is 111 cm³/mol. The third-order valence-electron chi connectivity index (χ3n) is 5.97. The van der Waals surface area contributed by atoms with E-state index in [4.69, 9.17) is 4.74 Å². The lowest BCUT2D eigenvalue weighted by Crippen LogP contribution is -2.42. The Balaban J connectivity index is 1.34. The van der Waals surface area contributed by atoms with Gasteiger partial charge in [0.1, 0.15) is 17.2 Å². The Morgan fingerprint density at radius 1 is 1.17 bits per heavy atom. The van der Waals surface area contributed by atoms with Gasteiger partial charge in [-0.05, 0) is 49.1 Å². The number of fused-ring (bicyclic) bond motifs is 2. The van der Waals surface area contributed by atoms with Crippen LogP contribution in [0.3, 0.4) is 0 Å². The number of likely N-dealkylation sites (tertiary alicyclic amines) is 1. The van der Waals surface area contributed by atoms with E-state index in [2.05, 4.69) is 21.7 Å². The number of hydrogen-bond acceptors (Lipinski definition) is 5. The zero-order valence-corrected chi connectivity index (χ0v) is 16.3. The van der Waals surface area contributed by atoms with Crippen molar-refractivity contribution in [3.8, 4) is 28.9 Å². The third kappa shape index (κ3) is 3.26. The van der Waals surface area contributed by atoms with Crippen LogP contribution in [0, 0.1) is 17.4 Å². The quantitative estimate of drug-likeness (QED) is 0.640. The van der Waals surface area contributed by atoms with Gasteiger partial charge in [-0.25, -0.2) is 0 Å². The number of aromatic amines is 1. The van der Waals surface area contributed by atoms with Gasteiger partial charge >= 0.3 is 0 Å². The number of H-pyrrole nitrogens is 1. The van der Waals surface area contributed by atoms with E-state index < -0.39 is 0 Å². The number of piperidine rings is 1. The number of benzene rings is 2. The molecule has 7 heteroatoms. The standard InChI is InChI=1S/C23H21N5O2/c24-14-28-13-15-10-11-20(28)22(15)25-23(29)19-12-18(26-27-19)17-8-4-5-9-21(17)30-16-6-2-1-3-7-16/h1-9,12,15,20,22H,10-11,13H2,(H,25,29)(H,26,27)/t15-,20-,22-/m0/s1. The van der Waals surface area contributed by atoms with Gasteiger partial charge in [0.15, 0.2) is 6.19 Å². The van der Waals surface area contributed by atoms with Gasteiger partial charge < -0.3 is 15.0 Å². The summed E-state index contributed by atoms with van der Waals surface area (Å²) in [4.78, 5) is 14.6. The van der Waals surface area contributed by atoms with Crippen LogP contribution in [0.2, 0.25) is 0 Å². The number of ether oxygens (including phenoxy) is 1. The molecule has 1 saturated heterocycles. The molecule has 2 aliphatic rings. The highest BCUT2D eigenvalue weighted by atomic mass is 16.5. The van der Waals surface area contributed by atoms with Crippen molar-refractivity contribution < 1.29 is 9.53 Å². The first kappa shape index (κ1) is 18.3. The maximum absolute atomic E-state index is 12.8. The molecule has 0 spiro atoms. The number of aromatic nitrogens is 2. The van der Waals surface area contributed by atoms with Crippen LogP contribution >= 0.6 is 0 Å². The van der Waals surface area contributed by atoms with Crippen molar-refractivity contribution in [3.63, 3.8) is 0 Å². The van der Waals surface area contributed by atoms with E-state index in [9.17, 15) is 10.1 Å². The SMILES string of the molecule is N#CN1C[C@@H]2CC[C@H]1[C@H]2NC(=O)c1cc(-c2ccccc2Oc2ccccc2)n[nH]1. The van der Waals surface area contributed by atoms with Crippen molar-refractivity contribution in [2.75, 3.05) is 6.54 Å². The minimum atomic E-state index is -0.197. The molecule has 150 valence electrons. The summed E-state index contributed by atoms with van der Waals surface area (Å²) in [7, 11) is 0. The molecule has 2 heterocycles. The number of amides is 1. The summed E-state index contributed by atoms with van der Waals surface area (Å²) < 4.78 is 6.01. The molecule has 0 radical (unpaired) electrons. The second-order valence-electron chi connectivity index (χ2n) is 7.73. The maximum atomic E-state index is 12.8. The van der Waals surface area contributed by atoms with Crippen LogP contribution in [0.1, 0.15) is 23.3 Å². The van der Waals surface area contributed by atoms with Gasteiger partial charge in [0, 0.05) is 12.1 Å². The number of rotatable bonds is 5. The summed E-state index contributed by atoms with van der Waals surface area (Å²) in [6, 6.07) is 19.0. The van der Waals surface area contributed by atoms with Crippen molar-refractivity contribution >= 4 is 5.91 Å². The molecule has 1 amide bonds. The molecule has 3 atom stereocenters. The van der Waals surface area contributed by atoms with Crippen molar-refractivity contribution in [2.45, 2.75) is 24.9 Å². The van der Waals surface area contributed by atoms with E-state index in [-0.39, 0.29) is 18.0 Å². The average Bonchev–Trinajstić information content (AvgIpc) is 3.50. The van der Waals surface area contributed by atoms with E-state index >= 15 is 0 Å². The highest BCUT2D eigenvalue weighted by Crippen LogP contribution is 2.37. The fraction of sp³-hybridized carbons (Fsp3) is 0.261. The van der Waals surface area contributed by atoms with E-state index in [1.807, 2.05) is 54.6 Å². The van der Waals surface area contributed by atoms with Crippen molar-refractivity contribution in [2.24, 2.45) is 5.92 Å². The van der Waals surface area contributed by atoms with Crippen molar-refractivity contribution in [3.05, 3.63) is 66.4 Å². The average molecular weight is 399 g/mol. The van der Waals surface area contributed by atoms with Crippen molar-refractivity contribution in [1.29, 1.82) is 5.26 Å². The number of nitrogens with one attached hydrogen (secondary N) is 2. The van der Waals surface area contributed by atoms with Crippen LogP contribution in [0.4, 0.5) is 0 Å². The Hall–Kier alpha value is -3.79. The van der Waals surface area contributed by atoms with Gasteiger partial charge in [0.05, 0.1) is 17.8 Å². The number of nitriles is 1. The summed E-state index contributed by atoms with van der Waals surface area (Å²) in [6.45, 7) is 0.727. The number of nitrogens with zero attached hydrogens (tertiary/aromatic N) is 3. The zero-order chi connectivity index (χ0) is 20.5. The van der Waals surface area contributed by atoms with Crippen LogP contribution in [0.15, 0.2) is 60.7 Å². The Kier molecular flexibility index (Phi) is 4.60. The fourth-order valence-corrected chi connectivity index (χ4v) is 4.52. The smallest absolute Gasteiger partial charge is 0.269 e. The lowest BCUT2D eigenvalue weighted by molar-refractivity contribution is 0.0924. The predicted octanol–water partition coefficient (Wildman–Crippen LogP) is 3.54. The monoisotopic (exact) mass is 399 g/mol. The van der Waals surface area contributed by atoms with Crippen molar-refractivity contribution in [1.82, 2.24) is 20.4 Å². The largest absolute Gasteiger partial charge is 0.457 e. The second kappa shape index (κ2) is 7.56. The highest BCUT2D eigenvalue weighted by molar-refractivity contribution is 5.94. The molecule has 2 fully saturated rings. The Morgan fingerprint density at radius 2 is 1.97 bits per heavy atom. The molecule has 5 rings (SSSR count). The Bertz CT molecular complexity index is 1100. The van der Waals surface area contributed by atoms with Gasteiger partial charge in [-0.2, -0.15) is 10.4 Å². The van der Waals surface area contributed by atoms with Crippen LogP contribution in [0.5, 0.6) is 11.5 Å². The van der Waals surface area contributed by atoms with Gasteiger partial charge in [-0.3, -0.25) is 9.89 Å².